The van der Waals surface area contributed by atoms with Crippen LogP contribution in [0.2, 0.25) is 0 Å². The molecule has 1 heterocycles. The van der Waals surface area contributed by atoms with Gasteiger partial charge in [0, 0.05) is 25.6 Å². The molecular weight excluding hydrogens is 2010 g/mol. The first-order valence-corrected chi connectivity index (χ1v) is 35.8. The van der Waals surface area contributed by atoms with Gasteiger partial charge in [-0.25, -0.2) is 26.9 Å². The molecule has 0 radical (unpaired) electrons. The maximum atomic E-state index is 12.4. The number of alkyl halides is 51. The maximum absolute atomic E-state index is 12.4. The zero-order valence-corrected chi connectivity index (χ0v) is 71.8. The number of rotatable bonds is 1. The summed E-state index contributed by atoms with van der Waals surface area (Å²) in [6.45, 7) is 18.4. The summed E-state index contributed by atoms with van der Waals surface area (Å²) < 4.78 is 655. The van der Waals surface area contributed by atoms with Gasteiger partial charge in [0.25, 0.3) is 0 Å². The third-order valence-corrected chi connectivity index (χ3v) is 18.6. The number of benzene rings is 3. The predicted octanol–water partition coefficient (Wildman–Crippen LogP) is 35.6. The lowest BCUT2D eigenvalue weighted by Gasteiger charge is -2.39. The Balaban J connectivity index is -0.000000334. The summed E-state index contributed by atoms with van der Waals surface area (Å²) >= 11 is 0. The number of aryl methyl sites for hydroxylation is 3. The minimum Gasteiger partial charge on any atom is -0.258 e. The molecule has 0 saturated heterocycles. The van der Waals surface area contributed by atoms with Gasteiger partial charge in [0.2, 0.25) is 11.2 Å². The maximum Gasteiger partial charge on any atom is 0.459 e. The van der Waals surface area contributed by atoms with Crippen molar-refractivity contribution in [2.24, 2.45) is 38.4 Å². The summed E-state index contributed by atoms with van der Waals surface area (Å²) in [7, 11) is 0. The van der Waals surface area contributed by atoms with Crippen LogP contribution < -0.4 is 0 Å². The molecule has 0 N–H and O–H groups in total. The Morgan fingerprint density at radius 1 is 0.328 bits per heavy atom. The summed E-state index contributed by atoms with van der Waals surface area (Å²) in [6.07, 6.45) is -66.7. The minimum atomic E-state index is -6.20. The number of nitriles is 1. The van der Waals surface area contributed by atoms with Gasteiger partial charge >= 0.3 is 110 Å². The van der Waals surface area contributed by atoms with E-state index in [2.05, 4.69) is 37.7 Å². The van der Waals surface area contributed by atoms with Gasteiger partial charge in [-0.3, -0.25) is 4.98 Å². The van der Waals surface area contributed by atoms with Crippen LogP contribution in [0.5, 0.6) is 0 Å². The van der Waals surface area contributed by atoms with Crippen molar-refractivity contribution in [3.8, 4) is 6.07 Å². The number of nitrogens with zero attached hydrogens (tertiary/aromatic N) is 3. The molecule has 1 aromatic heterocycles. The molecule has 2 saturated carbocycles. The van der Waals surface area contributed by atoms with E-state index in [9.17, 15) is 246 Å². The molecule has 0 spiro atoms. The van der Waals surface area contributed by atoms with Crippen molar-refractivity contribution in [2.45, 2.75) is 293 Å². The van der Waals surface area contributed by atoms with E-state index in [1.807, 2.05) is 0 Å². The highest BCUT2D eigenvalue weighted by Gasteiger charge is 2.72. The van der Waals surface area contributed by atoms with Gasteiger partial charge in [0.15, 0.2) is 39.8 Å². The second-order valence-electron chi connectivity index (χ2n) is 31.7. The van der Waals surface area contributed by atoms with E-state index >= 15 is 0 Å². The van der Waals surface area contributed by atoms with E-state index in [0.29, 0.717) is 46.6 Å². The second-order valence-corrected chi connectivity index (χ2v) is 31.7. The average Bonchev–Trinajstić information content (AvgIpc) is 0.987. The summed E-state index contributed by atoms with van der Waals surface area (Å²) in [4.78, 5) is 6.63. The number of hydrogen-bond acceptors (Lipinski definition) is 3. The van der Waals surface area contributed by atoms with Crippen molar-refractivity contribution in [3.63, 3.8) is 0 Å². The molecule has 2 aliphatic carbocycles. The zero-order chi connectivity index (χ0) is 110. The Kier molecular flexibility index (Phi) is 48.4. The smallest absolute Gasteiger partial charge is 0.258 e. The lowest BCUT2D eigenvalue weighted by Crippen LogP contribution is -2.50. The van der Waals surface area contributed by atoms with Crippen LogP contribution >= 0.6 is 0 Å². The second kappa shape index (κ2) is 47.3. The lowest BCUT2D eigenvalue weighted by atomic mass is 9.67. The van der Waals surface area contributed by atoms with Crippen LogP contribution in [0.1, 0.15) is 197 Å². The average molecular weight is 2090 g/mol. The molecule has 4 aromatic rings. The lowest BCUT2D eigenvalue weighted by molar-refractivity contribution is -0.349. The first kappa shape index (κ1) is 137. The molecule has 2 aliphatic rings. The van der Waals surface area contributed by atoms with Crippen molar-refractivity contribution in [1.82, 2.24) is 9.97 Å². The Labute approximate surface area is 725 Å². The Hall–Kier alpha value is -7.69. The molecule has 0 amide bonds. The molecule has 0 unspecified atom stereocenters. The molecule has 788 valence electrons. The van der Waals surface area contributed by atoms with Gasteiger partial charge in [0.05, 0.1) is 40.1 Å². The first-order chi connectivity index (χ1) is 57.8. The van der Waals surface area contributed by atoms with Gasteiger partial charge < -0.3 is 0 Å². The largest absolute Gasteiger partial charge is 0.459 e. The van der Waals surface area contributed by atoms with Gasteiger partial charge in [-0.2, -0.15) is 229 Å². The van der Waals surface area contributed by atoms with E-state index in [4.69, 9.17) is 5.26 Å². The molecule has 2 fully saturated rings. The minimum absolute atomic E-state index is 0.0258. The Morgan fingerprint density at radius 3 is 0.799 bits per heavy atom. The van der Waals surface area contributed by atoms with Crippen LogP contribution in [-0.2, 0) is 24.7 Å². The van der Waals surface area contributed by atoms with Crippen LogP contribution in [0.15, 0.2) is 42.7 Å². The SMILES string of the molecule is CC(C#N)(C(F)(F)F)C(F)(F)F.CC(C(F)(F)F)C(F)(F)F.CC(C)(C(F)(F)F)C(F)(F)F.CC(C)(C(F)(F)F)C(F)(F)F.CC(F)(F)C(F)(F)C(F)(F)F.CC(F)(F)C(F)(F)F.CC1(C(F)(F)F)CCCC1.CC1(C)CCC(C)(C)CC1.Cc1c(F)c(F)c(F)c(F)c1F.Cc1cc(C(F)(F)F)cc(C(F)(F)F)c1C.Cc1cccc(C(F)(F)F)c1C.Cc1cnc(C(F)(F)F)cn1. The molecular formula is C75H81F56N3. The molecule has 0 bridgehead atoms. The quantitative estimate of drug-likeness (QED) is 0.108. The molecule has 3 aromatic carbocycles. The highest BCUT2D eigenvalue weighted by Crippen LogP contribution is 2.55. The number of aromatic nitrogens is 2. The zero-order valence-electron chi connectivity index (χ0n) is 71.8. The molecule has 6 rings (SSSR count). The van der Waals surface area contributed by atoms with Gasteiger partial charge in [-0.15, -0.1) is 0 Å². The predicted molar refractivity (Wildman–Crippen MR) is 365 cm³/mol. The standard InChI is InChI=1S/C10H8F6.C10H20.C9H9F3.C7H3F5.C7H11F3.C6H5F3N2.C5H3F6N.2C5H6F6.C4H3F7.C4H4F6.C3H3F5/c1-5-3-7(9(11,12)13)4-8(6(5)2)10(14,15)16;1-9(2)5-7-10(3,4)8-6-9;1-6-4-3-5-8(7(6)2)9(10,11)12;1-2-3(8)5(10)7(12)6(11)4(2)9;1-6(7(8,9)10)4-2-3-5-6;1-4-2-11-5(3-10-4)6(7,8)9;1-3(2-12,4(6,7)8)5(9,10)11;2*1-3(2,4(6,7)8)5(9,10)11;1-2(5,6)3(7,8)4(9,10)11;1-2(3(5,6)7)4(8,9)10;1-2(4,5)3(6,7)8/h3-4H,1-2H3;5-8H2,1-4H3;3-5H,1-2H3;1H3;2-5H2,1H3;2-3H,1H3;1H3;2*1-2H3;1H3;2H,1H3;1H3. The third-order valence-electron chi connectivity index (χ3n) is 18.6. The molecule has 0 atom stereocenters. The van der Waals surface area contributed by atoms with Crippen LogP contribution in [0.4, 0.5) is 246 Å². The molecule has 59 heteroatoms. The highest BCUT2D eigenvalue weighted by atomic mass is 19.5. The van der Waals surface area contributed by atoms with E-state index in [0.717, 1.165) is 45.1 Å². The summed E-state index contributed by atoms with van der Waals surface area (Å²) in [5.41, 5.74) is -15.3. The number of hydrogen-bond donors (Lipinski definition) is 0. The topological polar surface area (TPSA) is 49.6 Å². The van der Waals surface area contributed by atoms with Crippen LogP contribution in [0, 0.1) is 120 Å². The summed E-state index contributed by atoms with van der Waals surface area (Å²) in [5, 5.41) is 7.77. The number of halogens is 56. The molecule has 134 heavy (non-hydrogen) atoms. The van der Waals surface area contributed by atoms with E-state index in [1.165, 1.54) is 52.5 Å². The molecule has 3 nitrogen and oxygen atoms in total. The van der Waals surface area contributed by atoms with Crippen LogP contribution in [0.3, 0.4) is 0 Å². The van der Waals surface area contributed by atoms with E-state index in [-0.39, 0.29) is 71.7 Å². The fourth-order valence-corrected chi connectivity index (χ4v) is 7.71. The summed E-state index contributed by atoms with van der Waals surface area (Å²) in [6, 6.07) is 5.25. The Bertz CT molecular complexity index is 3890. The van der Waals surface area contributed by atoms with Crippen molar-refractivity contribution in [2.75, 3.05) is 0 Å². The van der Waals surface area contributed by atoms with E-state index in [1.54, 1.807) is 19.9 Å². The molecule has 0 aliphatic heterocycles. The van der Waals surface area contributed by atoms with Crippen molar-refractivity contribution >= 4 is 0 Å². The van der Waals surface area contributed by atoms with Gasteiger partial charge in [-0.05, 0) is 173 Å². The van der Waals surface area contributed by atoms with Crippen molar-refractivity contribution in [3.05, 3.63) is 128 Å². The first-order valence-electron chi connectivity index (χ1n) is 35.8. The van der Waals surface area contributed by atoms with Crippen molar-refractivity contribution < 1.29 is 246 Å². The summed E-state index contributed by atoms with van der Waals surface area (Å²) in [5.74, 6) is -28.4. The van der Waals surface area contributed by atoms with Crippen molar-refractivity contribution in [1.29, 1.82) is 5.26 Å². The van der Waals surface area contributed by atoms with Gasteiger partial charge in [0.1, 0.15) is 5.92 Å². The fourth-order valence-electron chi connectivity index (χ4n) is 7.71. The third kappa shape index (κ3) is 43.6. The van der Waals surface area contributed by atoms with Crippen LogP contribution in [0.25, 0.3) is 0 Å². The van der Waals surface area contributed by atoms with Gasteiger partial charge in [-0.1, -0.05) is 59.6 Å². The van der Waals surface area contributed by atoms with Crippen LogP contribution in [-0.4, -0.2) is 95.7 Å². The normalized spacial score (nSPS) is 15.6. The highest BCUT2D eigenvalue weighted by molar-refractivity contribution is 5.40. The monoisotopic (exact) mass is 2090 g/mol. The fraction of sp³-hybridized carbons (Fsp3) is 0.693. The Morgan fingerprint density at radius 2 is 0.627 bits per heavy atom. The van der Waals surface area contributed by atoms with E-state index < -0.39 is 202 Å².